The fourth-order valence-electron chi connectivity index (χ4n) is 1.09. The van der Waals surface area contributed by atoms with Crippen molar-refractivity contribution in [2.45, 2.75) is 6.92 Å². The maximum atomic E-state index is 13.3. The minimum atomic E-state index is -0.634. The molecule has 0 radical (unpaired) electrons. The highest BCUT2D eigenvalue weighted by molar-refractivity contribution is 9.09. The van der Waals surface area contributed by atoms with Crippen molar-refractivity contribution in [3.05, 3.63) is 29.6 Å². The molecule has 15 heavy (non-hydrogen) atoms. The molecule has 0 aliphatic rings. The predicted octanol–water partition coefficient (Wildman–Crippen LogP) is 2.36. The van der Waals surface area contributed by atoms with Crippen LogP contribution in [0.3, 0.4) is 0 Å². The zero-order valence-corrected chi connectivity index (χ0v) is 9.60. The molecule has 0 spiro atoms. The zero-order valence-electron chi connectivity index (χ0n) is 8.01. The van der Waals surface area contributed by atoms with Crippen LogP contribution in [-0.4, -0.2) is 17.0 Å². The Balaban J connectivity index is 2.97. The molecule has 80 valence electrons. The molecule has 1 aromatic carbocycles. The van der Waals surface area contributed by atoms with Gasteiger partial charge < -0.3 is 5.32 Å². The number of ketones is 1. The molecular formula is C10H9BrFNO2. The molecule has 1 rings (SSSR count). The van der Waals surface area contributed by atoms with E-state index in [1.54, 1.807) is 0 Å². The van der Waals surface area contributed by atoms with E-state index in [0.29, 0.717) is 5.69 Å². The Morgan fingerprint density at radius 1 is 1.47 bits per heavy atom. The number of amides is 1. The fourth-order valence-corrected chi connectivity index (χ4v) is 1.40. The minimum Gasteiger partial charge on any atom is -0.326 e. The van der Waals surface area contributed by atoms with E-state index >= 15 is 0 Å². The summed E-state index contributed by atoms with van der Waals surface area (Å²) in [7, 11) is 0. The summed E-state index contributed by atoms with van der Waals surface area (Å²) in [6, 6.07) is 3.96. The predicted molar refractivity (Wildman–Crippen MR) is 58.8 cm³/mol. The summed E-state index contributed by atoms with van der Waals surface area (Å²) >= 11 is 2.96. The van der Waals surface area contributed by atoms with E-state index in [1.165, 1.54) is 19.1 Å². The molecule has 0 bridgehead atoms. The first-order valence-electron chi connectivity index (χ1n) is 4.21. The first-order valence-corrected chi connectivity index (χ1v) is 5.33. The minimum absolute atomic E-state index is 0.0148. The molecule has 0 heterocycles. The van der Waals surface area contributed by atoms with Crippen LogP contribution in [0.4, 0.5) is 10.1 Å². The number of halogens is 2. The quantitative estimate of drug-likeness (QED) is 0.679. The van der Waals surface area contributed by atoms with Crippen molar-refractivity contribution in [3.63, 3.8) is 0 Å². The van der Waals surface area contributed by atoms with Gasteiger partial charge in [0.25, 0.3) is 0 Å². The maximum Gasteiger partial charge on any atom is 0.221 e. The van der Waals surface area contributed by atoms with E-state index in [9.17, 15) is 14.0 Å². The largest absolute Gasteiger partial charge is 0.326 e. The van der Waals surface area contributed by atoms with E-state index in [4.69, 9.17) is 0 Å². The topological polar surface area (TPSA) is 46.2 Å². The number of benzene rings is 1. The van der Waals surface area contributed by atoms with Gasteiger partial charge in [-0.15, -0.1) is 0 Å². The first-order chi connectivity index (χ1) is 7.04. The number of alkyl halides is 1. The molecule has 1 amide bonds. The molecule has 0 atom stereocenters. The summed E-state index contributed by atoms with van der Waals surface area (Å²) in [4.78, 5) is 21.9. The third-order valence-corrected chi connectivity index (χ3v) is 2.22. The van der Waals surface area contributed by atoms with Crippen LogP contribution in [0.25, 0.3) is 0 Å². The summed E-state index contributed by atoms with van der Waals surface area (Å²) in [6.07, 6.45) is 0. The molecular weight excluding hydrogens is 265 g/mol. The number of hydrogen-bond donors (Lipinski definition) is 1. The van der Waals surface area contributed by atoms with Crippen LogP contribution < -0.4 is 5.32 Å². The number of carbonyl (C=O) groups excluding carboxylic acids is 2. The van der Waals surface area contributed by atoms with E-state index in [-0.39, 0.29) is 22.6 Å². The van der Waals surface area contributed by atoms with Gasteiger partial charge in [-0.25, -0.2) is 4.39 Å². The van der Waals surface area contributed by atoms with Crippen LogP contribution in [0.2, 0.25) is 0 Å². The third-order valence-electron chi connectivity index (χ3n) is 1.71. The molecule has 0 fully saturated rings. The average Bonchev–Trinajstić information content (AvgIpc) is 2.16. The van der Waals surface area contributed by atoms with Crippen molar-refractivity contribution >= 4 is 33.3 Å². The van der Waals surface area contributed by atoms with Crippen molar-refractivity contribution in [1.29, 1.82) is 0 Å². The van der Waals surface area contributed by atoms with Crippen LogP contribution in [0.15, 0.2) is 18.2 Å². The number of carbonyl (C=O) groups is 2. The van der Waals surface area contributed by atoms with Crippen molar-refractivity contribution in [2.24, 2.45) is 0 Å². The lowest BCUT2D eigenvalue weighted by Crippen LogP contribution is -2.08. The van der Waals surface area contributed by atoms with Gasteiger partial charge in [-0.1, -0.05) is 15.9 Å². The Morgan fingerprint density at radius 3 is 2.60 bits per heavy atom. The average molecular weight is 274 g/mol. The van der Waals surface area contributed by atoms with Crippen molar-refractivity contribution in [3.8, 4) is 0 Å². The summed E-state index contributed by atoms with van der Waals surface area (Å²) in [5.41, 5.74) is 0.354. The van der Waals surface area contributed by atoms with E-state index in [0.717, 1.165) is 6.07 Å². The van der Waals surface area contributed by atoms with Crippen LogP contribution in [0.5, 0.6) is 0 Å². The van der Waals surface area contributed by atoms with E-state index in [2.05, 4.69) is 21.2 Å². The number of Topliss-reactive ketones (excluding diaryl/α,β-unsaturated/α-hetero) is 1. The monoisotopic (exact) mass is 273 g/mol. The van der Waals surface area contributed by atoms with Gasteiger partial charge in [-0.3, -0.25) is 9.59 Å². The Bertz CT molecular complexity index is 406. The fraction of sp³-hybridized carbons (Fsp3) is 0.200. The first kappa shape index (κ1) is 11.8. The molecule has 3 nitrogen and oxygen atoms in total. The summed E-state index contributed by atoms with van der Waals surface area (Å²) in [5.74, 6) is -1.25. The van der Waals surface area contributed by atoms with Gasteiger partial charge in [-0.05, 0) is 18.2 Å². The van der Waals surface area contributed by atoms with Crippen LogP contribution in [0, 0.1) is 5.82 Å². The molecule has 0 saturated heterocycles. The second-order valence-electron chi connectivity index (χ2n) is 2.93. The third kappa shape index (κ3) is 3.13. The molecule has 0 aliphatic heterocycles. The highest BCUT2D eigenvalue weighted by atomic mass is 79.9. The van der Waals surface area contributed by atoms with Crippen molar-refractivity contribution < 1.29 is 14.0 Å². The molecule has 0 aromatic heterocycles. The molecule has 1 N–H and O–H groups in total. The van der Waals surface area contributed by atoms with Crippen molar-refractivity contribution in [1.82, 2.24) is 0 Å². The normalized spacial score (nSPS) is 9.80. The van der Waals surface area contributed by atoms with Gasteiger partial charge in [-0.2, -0.15) is 0 Å². The van der Waals surface area contributed by atoms with Gasteiger partial charge in [0.15, 0.2) is 5.78 Å². The highest BCUT2D eigenvalue weighted by Gasteiger charge is 2.10. The number of rotatable bonds is 3. The number of nitrogens with one attached hydrogen (secondary N) is 1. The Labute approximate surface area is 94.8 Å². The lowest BCUT2D eigenvalue weighted by atomic mass is 10.1. The van der Waals surface area contributed by atoms with E-state index in [1.807, 2.05) is 0 Å². The smallest absolute Gasteiger partial charge is 0.221 e. The lowest BCUT2D eigenvalue weighted by Gasteiger charge is -2.04. The SMILES string of the molecule is CC(=O)Nc1ccc(C(=O)CBr)c(F)c1. The zero-order chi connectivity index (χ0) is 11.4. The Kier molecular flexibility index (Phi) is 3.96. The maximum absolute atomic E-state index is 13.3. The highest BCUT2D eigenvalue weighted by Crippen LogP contribution is 2.15. The molecule has 5 heteroatoms. The lowest BCUT2D eigenvalue weighted by molar-refractivity contribution is -0.114. The van der Waals surface area contributed by atoms with Crippen LogP contribution in [-0.2, 0) is 4.79 Å². The van der Waals surface area contributed by atoms with Crippen molar-refractivity contribution in [2.75, 3.05) is 10.6 Å². The van der Waals surface area contributed by atoms with E-state index < -0.39 is 5.82 Å². The van der Waals surface area contributed by atoms with Gasteiger partial charge in [0.05, 0.1) is 10.9 Å². The number of anilines is 1. The number of hydrogen-bond acceptors (Lipinski definition) is 2. The second kappa shape index (κ2) is 5.02. The van der Waals surface area contributed by atoms with Gasteiger partial charge in [0, 0.05) is 12.6 Å². The standard InChI is InChI=1S/C10H9BrFNO2/c1-6(14)13-7-2-3-8(9(12)4-7)10(15)5-11/h2-4H,5H2,1H3,(H,13,14). The van der Waals surface area contributed by atoms with Gasteiger partial charge >= 0.3 is 0 Å². The van der Waals surface area contributed by atoms with Crippen LogP contribution >= 0.6 is 15.9 Å². The Hall–Kier alpha value is -1.23. The summed E-state index contributed by atoms with van der Waals surface area (Å²) < 4.78 is 13.3. The molecule has 0 saturated carbocycles. The van der Waals surface area contributed by atoms with Crippen LogP contribution in [0.1, 0.15) is 17.3 Å². The second-order valence-corrected chi connectivity index (χ2v) is 3.49. The summed E-state index contributed by atoms with van der Waals surface area (Å²) in [6.45, 7) is 1.33. The van der Waals surface area contributed by atoms with Gasteiger partial charge in [0.2, 0.25) is 5.91 Å². The Morgan fingerprint density at radius 2 is 2.13 bits per heavy atom. The van der Waals surface area contributed by atoms with Gasteiger partial charge in [0.1, 0.15) is 5.82 Å². The molecule has 0 unspecified atom stereocenters. The summed E-state index contributed by atoms with van der Waals surface area (Å²) in [5, 5.41) is 2.50. The molecule has 0 aliphatic carbocycles. The molecule has 1 aromatic rings.